The van der Waals surface area contributed by atoms with Crippen molar-refractivity contribution < 1.29 is 19.5 Å². The molecule has 0 radical (unpaired) electrons. The number of carboxylic acids is 1. The Kier molecular flexibility index (Phi) is 4.83. The summed E-state index contributed by atoms with van der Waals surface area (Å²) in [7, 11) is 0. The number of amides is 3. The van der Waals surface area contributed by atoms with Crippen LogP contribution in [0.3, 0.4) is 0 Å². The van der Waals surface area contributed by atoms with Crippen molar-refractivity contribution in [1.82, 2.24) is 15.2 Å². The summed E-state index contributed by atoms with van der Waals surface area (Å²) < 4.78 is 0. The van der Waals surface area contributed by atoms with E-state index in [1.807, 2.05) is 30.3 Å². The second-order valence-electron chi connectivity index (χ2n) is 6.04. The lowest BCUT2D eigenvalue weighted by Crippen LogP contribution is -2.68. The molecule has 134 valence electrons. The molecule has 1 aromatic heterocycles. The Bertz CT molecular complexity index is 840. The lowest BCUT2D eigenvalue weighted by molar-refractivity contribution is -0.165. The highest BCUT2D eigenvalue weighted by Gasteiger charge is 2.54. The van der Waals surface area contributed by atoms with E-state index in [0.717, 1.165) is 10.5 Å². The lowest BCUT2D eigenvalue weighted by atomic mass is 9.82. The van der Waals surface area contributed by atoms with Crippen molar-refractivity contribution in [3.63, 3.8) is 0 Å². The zero-order chi connectivity index (χ0) is 18.7. The molecule has 0 spiro atoms. The minimum atomic E-state index is -1.22. The number of aliphatic carboxylic acids is 1. The Morgan fingerprint density at radius 1 is 1.19 bits per heavy atom. The summed E-state index contributed by atoms with van der Waals surface area (Å²) in [6, 6.07) is 10.5. The molecule has 4 N–H and O–H groups in total. The maximum Gasteiger partial charge on any atom is 0.327 e. The number of nitrogens with two attached hydrogens (primary N) is 1. The number of carboxylic acid groups (broad SMARTS) is 1. The summed E-state index contributed by atoms with van der Waals surface area (Å²) in [6.07, 6.45) is 1.68. The van der Waals surface area contributed by atoms with Gasteiger partial charge >= 0.3 is 12.0 Å². The van der Waals surface area contributed by atoms with Crippen LogP contribution in [0.2, 0.25) is 0 Å². The second-order valence-corrected chi connectivity index (χ2v) is 6.04. The van der Waals surface area contributed by atoms with Crippen molar-refractivity contribution >= 4 is 23.7 Å². The molecule has 1 fully saturated rings. The number of nitrogens with zero attached hydrogens (tertiary/aromatic N) is 2. The van der Waals surface area contributed by atoms with Crippen LogP contribution in [0, 0.1) is 5.92 Å². The third-order valence-corrected chi connectivity index (χ3v) is 4.27. The molecule has 2 aromatic rings. The second kappa shape index (κ2) is 7.22. The van der Waals surface area contributed by atoms with Gasteiger partial charge in [-0.3, -0.25) is 4.79 Å². The molecule has 2 heterocycles. The number of β-lactam (4-membered cyclic amide) rings is 1. The molecule has 2 atom stereocenters. The maximum absolute atomic E-state index is 12.4. The van der Waals surface area contributed by atoms with Crippen LogP contribution in [0.15, 0.2) is 48.7 Å². The average molecular weight is 354 g/mol. The number of carbonyl (C=O) groups is 3. The first-order valence-electron chi connectivity index (χ1n) is 8.05. The zero-order valence-corrected chi connectivity index (χ0v) is 13.8. The van der Waals surface area contributed by atoms with Crippen molar-refractivity contribution in [3.05, 3.63) is 59.8 Å². The van der Waals surface area contributed by atoms with Crippen molar-refractivity contribution in [3.8, 4) is 0 Å². The van der Waals surface area contributed by atoms with Gasteiger partial charge in [0, 0.05) is 12.7 Å². The number of benzene rings is 1. The predicted molar refractivity (Wildman–Crippen MR) is 92.8 cm³/mol. The summed E-state index contributed by atoms with van der Waals surface area (Å²) >= 11 is 0. The molecule has 0 bridgehead atoms. The minimum absolute atomic E-state index is 0.186. The van der Waals surface area contributed by atoms with Gasteiger partial charge in [0.25, 0.3) is 0 Å². The Balaban J connectivity index is 1.67. The molecule has 1 aliphatic heterocycles. The molecule has 8 heteroatoms. The first-order chi connectivity index (χ1) is 12.5. The van der Waals surface area contributed by atoms with Crippen LogP contribution in [-0.4, -0.2) is 38.9 Å². The van der Waals surface area contributed by atoms with E-state index in [9.17, 15) is 19.5 Å². The van der Waals surface area contributed by atoms with E-state index < -0.39 is 29.9 Å². The van der Waals surface area contributed by atoms with E-state index in [1.54, 1.807) is 12.1 Å². The van der Waals surface area contributed by atoms with Crippen LogP contribution in [0.4, 0.5) is 10.6 Å². The predicted octanol–water partition coefficient (Wildman–Crippen LogP) is 1.03. The molecule has 0 aliphatic carbocycles. The molecule has 8 nitrogen and oxygen atoms in total. The number of nitrogen functional groups attached to an aromatic ring is 1. The molecule has 1 aromatic carbocycles. The average Bonchev–Trinajstić information content (AvgIpc) is 2.62. The number of likely N-dealkylation sites (tertiary alicyclic amines) is 1. The van der Waals surface area contributed by atoms with Crippen LogP contribution in [-0.2, 0) is 22.6 Å². The van der Waals surface area contributed by atoms with Gasteiger partial charge in [-0.1, -0.05) is 30.3 Å². The molecule has 1 saturated heterocycles. The highest BCUT2D eigenvalue weighted by atomic mass is 16.4. The maximum atomic E-state index is 12.4. The zero-order valence-electron chi connectivity index (χ0n) is 13.8. The number of anilines is 1. The van der Waals surface area contributed by atoms with Crippen LogP contribution in [0.25, 0.3) is 0 Å². The largest absolute Gasteiger partial charge is 0.480 e. The molecular weight excluding hydrogens is 336 g/mol. The van der Waals surface area contributed by atoms with Crippen LogP contribution >= 0.6 is 0 Å². The van der Waals surface area contributed by atoms with Gasteiger partial charge in [0.2, 0.25) is 5.91 Å². The van der Waals surface area contributed by atoms with E-state index in [2.05, 4.69) is 10.3 Å². The highest BCUT2D eigenvalue weighted by Crippen LogP contribution is 2.30. The summed E-state index contributed by atoms with van der Waals surface area (Å²) in [5.74, 6) is -2.25. The van der Waals surface area contributed by atoms with E-state index in [4.69, 9.17) is 5.73 Å². The fourth-order valence-corrected chi connectivity index (χ4v) is 2.99. The van der Waals surface area contributed by atoms with Crippen molar-refractivity contribution in [1.29, 1.82) is 0 Å². The van der Waals surface area contributed by atoms with Gasteiger partial charge in [-0.15, -0.1) is 0 Å². The Hall–Kier alpha value is -3.42. The number of imide groups is 1. The van der Waals surface area contributed by atoms with Gasteiger partial charge in [-0.25, -0.2) is 19.5 Å². The van der Waals surface area contributed by atoms with Crippen LogP contribution in [0.1, 0.15) is 11.1 Å². The number of urea groups is 1. The molecule has 0 unspecified atom stereocenters. The SMILES string of the molecule is Nc1cc(C[C@H]2C(=O)N(C(=O)NCc3ccccc3)[C@@H]2C(=O)O)ccn1. The third kappa shape index (κ3) is 3.49. The normalized spacial score (nSPS) is 18.9. The summed E-state index contributed by atoms with van der Waals surface area (Å²) in [4.78, 5) is 40.8. The number of aromatic nitrogens is 1. The van der Waals surface area contributed by atoms with Gasteiger partial charge < -0.3 is 16.2 Å². The van der Waals surface area contributed by atoms with Crippen LogP contribution < -0.4 is 11.1 Å². The molecule has 26 heavy (non-hydrogen) atoms. The van der Waals surface area contributed by atoms with Crippen molar-refractivity contribution in [2.24, 2.45) is 5.92 Å². The van der Waals surface area contributed by atoms with Gasteiger partial charge in [-0.2, -0.15) is 0 Å². The van der Waals surface area contributed by atoms with E-state index in [0.29, 0.717) is 11.4 Å². The Morgan fingerprint density at radius 2 is 1.92 bits per heavy atom. The van der Waals surface area contributed by atoms with Crippen molar-refractivity contribution in [2.75, 3.05) is 5.73 Å². The topological polar surface area (TPSA) is 126 Å². The molecule has 3 amide bonds. The number of carbonyl (C=O) groups excluding carboxylic acids is 2. The molecule has 0 saturated carbocycles. The Morgan fingerprint density at radius 3 is 2.58 bits per heavy atom. The molecule has 3 rings (SSSR count). The van der Waals surface area contributed by atoms with Crippen LogP contribution in [0.5, 0.6) is 0 Å². The number of hydrogen-bond acceptors (Lipinski definition) is 5. The highest BCUT2D eigenvalue weighted by molar-refractivity contribution is 6.07. The first kappa shape index (κ1) is 17.4. The summed E-state index contributed by atoms with van der Waals surface area (Å²) in [6.45, 7) is 0.210. The van der Waals surface area contributed by atoms with Gasteiger partial charge in [0.15, 0.2) is 6.04 Å². The number of rotatable bonds is 5. The Labute approximate surface area is 149 Å². The van der Waals surface area contributed by atoms with Gasteiger partial charge in [-0.05, 0) is 29.7 Å². The quantitative estimate of drug-likeness (QED) is 0.689. The summed E-state index contributed by atoms with van der Waals surface area (Å²) in [5, 5.41) is 12.0. The number of nitrogens with one attached hydrogen (secondary N) is 1. The monoisotopic (exact) mass is 354 g/mol. The fourth-order valence-electron chi connectivity index (χ4n) is 2.99. The standard InChI is InChI=1S/C18H18N4O4/c19-14-9-12(6-7-20-14)8-13-15(17(24)25)22(16(13)23)18(26)21-10-11-4-2-1-3-5-11/h1-7,9,13,15H,8,10H2,(H2,19,20)(H,21,26)(H,24,25)/t13-,15+/m1/s1. The molecular formula is C18H18N4O4. The smallest absolute Gasteiger partial charge is 0.327 e. The number of pyridine rings is 1. The van der Waals surface area contributed by atoms with E-state index >= 15 is 0 Å². The van der Waals surface area contributed by atoms with Crippen molar-refractivity contribution in [2.45, 2.75) is 19.0 Å². The van der Waals surface area contributed by atoms with Gasteiger partial charge in [0.05, 0.1) is 5.92 Å². The minimum Gasteiger partial charge on any atom is -0.480 e. The van der Waals surface area contributed by atoms with E-state index in [-0.39, 0.29) is 13.0 Å². The van der Waals surface area contributed by atoms with E-state index in [1.165, 1.54) is 6.20 Å². The fraction of sp³-hybridized carbons (Fsp3) is 0.222. The first-order valence-corrected chi connectivity index (χ1v) is 8.05. The molecule has 1 aliphatic rings. The van der Waals surface area contributed by atoms with Gasteiger partial charge in [0.1, 0.15) is 5.82 Å². The summed E-state index contributed by atoms with van der Waals surface area (Å²) in [5.41, 5.74) is 7.16. The lowest BCUT2D eigenvalue weighted by Gasteiger charge is -2.42. The number of hydrogen-bond donors (Lipinski definition) is 3. The third-order valence-electron chi connectivity index (χ3n) is 4.27.